The van der Waals surface area contributed by atoms with Crippen molar-refractivity contribution >= 4 is 5.95 Å². The van der Waals surface area contributed by atoms with Gasteiger partial charge < -0.3 is 15.2 Å². The Kier molecular flexibility index (Phi) is 5.68. The first-order chi connectivity index (χ1) is 10.0. The monoisotopic (exact) mass is 292 g/mol. The lowest BCUT2D eigenvalue weighted by Crippen LogP contribution is -2.33. The van der Waals surface area contributed by atoms with Gasteiger partial charge in [0.1, 0.15) is 0 Å². The number of rotatable bonds is 7. The van der Waals surface area contributed by atoms with Gasteiger partial charge in [-0.15, -0.1) is 0 Å². The van der Waals surface area contributed by atoms with Gasteiger partial charge in [-0.05, 0) is 31.6 Å². The van der Waals surface area contributed by atoms with Crippen molar-refractivity contribution in [1.82, 2.24) is 9.55 Å². The van der Waals surface area contributed by atoms with E-state index in [-0.39, 0.29) is 6.04 Å². The van der Waals surface area contributed by atoms with E-state index < -0.39 is 0 Å². The zero-order valence-electron chi connectivity index (χ0n) is 14.2. The lowest BCUT2D eigenvalue weighted by atomic mass is 10.0. The molecule has 1 heterocycles. The van der Waals surface area contributed by atoms with E-state index in [0.29, 0.717) is 12.0 Å². The molecule has 120 valence electrons. The highest BCUT2D eigenvalue weighted by Gasteiger charge is 2.22. The van der Waals surface area contributed by atoms with Crippen LogP contribution in [-0.4, -0.2) is 29.2 Å². The lowest BCUT2D eigenvalue weighted by Gasteiger charge is -2.25. The summed E-state index contributed by atoms with van der Waals surface area (Å²) in [4.78, 5) is 7.14. The molecule has 1 aromatic rings. The Hall–Kier alpha value is -1.03. The van der Waals surface area contributed by atoms with Gasteiger partial charge >= 0.3 is 0 Å². The maximum Gasteiger partial charge on any atom is 0.205 e. The molecule has 4 heteroatoms. The average Bonchev–Trinajstić information content (AvgIpc) is 3.11. The zero-order chi connectivity index (χ0) is 15.4. The lowest BCUT2D eigenvalue weighted by molar-refractivity contribution is 0.460. The van der Waals surface area contributed by atoms with Crippen LogP contribution in [0.1, 0.15) is 64.6 Å². The van der Waals surface area contributed by atoms with Crippen molar-refractivity contribution in [2.45, 2.75) is 71.4 Å². The number of hydrogen-bond acceptors (Lipinski definition) is 3. The molecule has 4 nitrogen and oxygen atoms in total. The molecule has 0 saturated heterocycles. The minimum Gasteiger partial charge on any atom is -0.345 e. The van der Waals surface area contributed by atoms with Crippen LogP contribution in [0.25, 0.3) is 0 Å². The molecule has 1 fully saturated rings. The van der Waals surface area contributed by atoms with Crippen molar-refractivity contribution in [3.8, 4) is 0 Å². The highest BCUT2D eigenvalue weighted by molar-refractivity contribution is 5.33. The maximum atomic E-state index is 6.18. The smallest absolute Gasteiger partial charge is 0.205 e. The van der Waals surface area contributed by atoms with Gasteiger partial charge in [-0.25, -0.2) is 4.98 Å². The van der Waals surface area contributed by atoms with Gasteiger partial charge in [0.05, 0.1) is 5.69 Å². The van der Waals surface area contributed by atoms with Gasteiger partial charge in [-0.1, -0.05) is 33.6 Å². The van der Waals surface area contributed by atoms with Gasteiger partial charge in [0.15, 0.2) is 0 Å². The summed E-state index contributed by atoms with van der Waals surface area (Å²) in [6.07, 6.45) is 9.60. The minimum absolute atomic E-state index is 0.271. The molecular formula is C17H32N4. The van der Waals surface area contributed by atoms with Crippen LogP contribution in [0.5, 0.6) is 0 Å². The zero-order valence-corrected chi connectivity index (χ0v) is 14.2. The van der Waals surface area contributed by atoms with Crippen molar-refractivity contribution in [1.29, 1.82) is 0 Å². The van der Waals surface area contributed by atoms with Crippen molar-refractivity contribution in [3.05, 3.63) is 11.9 Å². The number of aromatic nitrogens is 2. The largest absolute Gasteiger partial charge is 0.345 e. The molecule has 1 aromatic heterocycles. The molecule has 0 aliphatic heterocycles. The Bertz CT molecular complexity index is 432. The Morgan fingerprint density at radius 1 is 1.38 bits per heavy atom. The second kappa shape index (κ2) is 7.30. The minimum atomic E-state index is 0.271. The van der Waals surface area contributed by atoms with Crippen LogP contribution in [0.3, 0.4) is 0 Å². The van der Waals surface area contributed by atoms with Gasteiger partial charge in [0.2, 0.25) is 5.95 Å². The fraction of sp³-hybridized carbons (Fsp3) is 0.824. The summed E-state index contributed by atoms with van der Waals surface area (Å²) in [5, 5.41) is 0. The van der Waals surface area contributed by atoms with E-state index in [0.717, 1.165) is 25.3 Å². The summed E-state index contributed by atoms with van der Waals surface area (Å²) in [5.74, 6) is 1.67. The first-order valence-corrected chi connectivity index (χ1v) is 8.57. The molecule has 0 aromatic carbocycles. The summed E-state index contributed by atoms with van der Waals surface area (Å²) < 4.78 is 2.42. The number of hydrogen-bond donors (Lipinski definition) is 1. The molecule has 2 rings (SSSR count). The van der Waals surface area contributed by atoms with Crippen molar-refractivity contribution in [2.75, 3.05) is 18.5 Å². The third-order valence-corrected chi connectivity index (χ3v) is 4.84. The Labute approximate surface area is 129 Å². The number of anilines is 1. The SMILES string of the molecule is CCc1cn(C2CCCC2)c(N(C)CCC(N)C(C)C)n1. The molecule has 0 spiro atoms. The Morgan fingerprint density at radius 3 is 2.62 bits per heavy atom. The van der Waals surface area contributed by atoms with E-state index >= 15 is 0 Å². The maximum absolute atomic E-state index is 6.18. The van der Waals surface area contributed by atoms with Crippen molar-refractivity contribution < 1.29 is 0 Å². The standard InChI is InChI=1S/C17H32N4/c1-5-14-12-21(15-8-6-7-9-15)17(19-14)20(4)11-10-16(18)13(2)3/h12-13,15-16H,5-11,18H2,1-4H3. The normalized spacial score (nSPS) is 17.6. The topological polar surface area (TPSA) is 47.1 Å². The van der Waals surface area contributed by atoms with Crippen molar-refractivity contribution in [3.63, 3.8) is 0 Å². The molecule has 2 N–H and O–H groups in total. The van der Waals surface area contributed by atoms with Crippen LogP contribution in [0.2, 0.25) is 0 Å². The summed E-state index contributed by atoms with van der Waals surface area (Å²) >= 11 is 0. The molecule has 0 radical (unpaired) electrons. The van der Waals surface area contributed by atoms with Crippen LogP contribution < -0.4 is 10.6 Å². The summed E-state index contributed by atoms with van der Waals surface area (Å²) in [6, 6.07) is 0.919. The van der Waals surface area contributed by atoms with Crippen LogP contribution in [0.4, 0.5) is 5.95 Å². The van der Waals surface area contributed by atoms with E-state index in [2.05, 4.69) is 43.5 Å². The van der Waals surface area contributed by atoms with Gasteiger partial charge in [-0.3, -0.25) is 0 Å². The van der Waals surface area contributed by atoms with Crippen molar-refractivity contribution in [2.24, 2.45) is 11.7 Å². The third-order valence-electron chi connectivity index (χ3n) is 4.84. The highest BCUT2D eigenvalue weighted by atomic mass is 15.3. The fourth-order valence-electron chi connectivity index (χ4n) is 3.11. The second-order valence-corrected chi connectivity index (χ2v) is 6.85. The molecule has 0 amide bonds. The molecule has 1 saturated carbocycles. The molecule has 1 aliphatic carbocycles. The average molecular weight is 292 g/mol. The van der Waals surface area contributed by atoms with Crippen LogP contribution >= 0.6 is 0 Å². The van der Waals surface area contributed by atoms with E-state index in [4.69, 9.17) is 10.7 Å². The quantitative estimate of drug-likeness (QED) is 0.838. The summed E-state index contributed by atoms with van der Waals surface area (Å²) in [5.41, 5.74) is 7.39. The van der Waals surface area contributed by atoms with E-state index in [9.17, 15) is 0 Å². The predicted octanol–water partition coefficient (Wildman–Crippen LogP) is 3.37. The highest BCUT2D eigenvalue weighted by Crippen LogP contribution is 2.33. The molecular weight excluding hydrogens is 260 g/mol. The molecule has 1 aliphatic rings. The van der Waals surface area contributed by atoms with E-state index in [1.54, 1.807) is 0 Å². The van der Waals surface area contributed by atoms with E-state index in [1.807, 2.05) is 0 Å². The first-order valence-electron chi connectivity index (χ1n) is 8.57. The first kappa shape index (κ1) is 16.3. The second-order valence-electron chi connectivity index (χ2n) is 6.85. The summed E-state index contributed by atoms with van der Waals surface area (Å²) in [6.45, 7) is 7.55. The number of imidazole rings is 1. The molecule has 0 bridgehead atoms. The van der Waals surface area contributed by atoms with Crippen LogP contribution in [0, 0.1) is 5.92 Å². The number of aryl methyl sites for hydroxylation is 1. The molecule has 1 unspecified atom stereocenters. The van der Waals surface area contributed by atoms with Gasteiger partial charge in [0, 0.05) is 31.9 Å². The van der Waals surface area contributed by atoms with Gasteiger partial charge in [-0.2, -0.15) is 0 Å². The Morgan fingerprint density at radius 2 is 2.05 bits per heavy atom. The number of nitrogens with two attached hydrogens (primary N) is 1. The number of nitrogens with zero attached hydrogens (tertiary/aromatic N) is 3. The van der Waals surface area contributed by atoms with Gasteiger partial charge in [0.25, 0.3) is 0 Å². The molecule has 21 heavy (non-hydrogen) atoms. The predicted molar refractivity (Wildman–Crippen MR) is 89.8 cm³/mol. The third kappa shape index (κ3) is 4.00. The fourth-order valence-corrected chi connectivity index (χ4v) is 3.11. The Balaban J connectivity index is 2.07. The summed E-state index contributed by atoms with van der Waals surface area (Å²) in [7, 11) is 2.15. The van der Waals surface area contributed by atoms with E-state index in [1.165, 1.54) is 31.4 Å². The molecule has 1 atom stereocenters. The van der Waals surface area contributed by atoms with Crippen LogP contribution in [0.15, 0.2) is 6.20 Å². The van der Waals surface area contributed by atoms with Crippen LogP contribution in [-0.2, 0) is 6.42 Å².